The van der Waals surface area contributed by atoms with Gasteiger partial charge in [-0.2, -0.15) is 0 Å². The van der Waals surface area contributed by atoms with Crippen LogP contribution in [0.1, 0.15) is 20.3 Å². The van der Waals surface area contributed by atoms with E-state index >= 15 is 0 Å². The summed E-state index contributed by atoms with van der Waals surface area (Å²) in [6.45, 7) is 4.22. The SMILES string of the molecule is CCC(C)Nc1nc(-c2ccccn2)ncc1OC.COc1cnc(-c2ccccn2)nc1Cl. The van der Waals surface area contributed by atoms with Gasteiger partial charge in [-0.1, -0.05) is 30.7 Å². The molecule has 0 saturated carbocycles. The van der Waals surface area contributed by atoms with Crippen LogP contribution in [0.25, 0.3) is 23.0 Å². The summed E-state index contributed by atoms with van der Waals surface area (Å²) in [5.41, 5.74) is 1.43. The molecule has 0 spiro atoms. The van der Waals surface area contributed by atoms with E-state index in [2.05, 4.69) is 49.1 Å². The average molecular weight is 480 g/mol. The average Bonchev–Trinajstić information content (AvgIpc) is 2.90. The zero-order chi connectivity index (χ0) is 24.3. The highest BCUT2D eigenvalue weighted by Gasteiger charge is 2.11. The zero-order valence-corrected chi connectivity index (χ0v) is 20.2. The number of ether oxygens (including phenoxy) is 2. The number of halogens is 1. The van der Waals surface area contributed by atoms with E-state index in [1.54, 1.807) is 25.7 Å². The van der Waals surface area contributed by atoms with Gasteiger partial charge in [0.2, 0.25) is 0 Å². The minimum atomic E-state index is 0.285. The van der Waals surface area contributed by atoms with Crippen molar-refractivity contribution in [2.24, 2.45) is 0 Å². The highest BCUT2D eigenvalue weighted by atomic mass is 35.5. The summed E-state index contributed by atoms with van der Waals surface area (Å²) in [6, 6.07) is 11.5. The Morgan fingerprint density at radius 2 is 1.38 bits per heavy atom. The fourth-order valence-electron chi connectivity index (χ4n) is 2.68. The second kappa shape index (κ2) is 12.4. The molecule has 4 aromatic rings. The van der Waals surface area contributed by atoms with Gasteiger partial charge in [-0.3, -0.25) is 9.97 Å². The van der Waals surface area contributed by atoms with E-state index in [0.717, 1.165) is 12.1 Å². The van der Waals surface area contributed by atoms with Crippen molar-refractivity contribution in [2.45, 2.75) is 26.3 Å². The van der Waals surface area contributed by atoms with E-state index in [9.17, 15) is 0 Å². The first-order valence-electron chi connectivity index (χ1n) is 10.6. The van der Waals surface area contributed by atoms with Crippen LogP contribution < -0.4 is 14.8 Å². The maximum absolute atomic E-state index is 5.88. The summed E-state index contributed by atoms with van der Waals surface area (Å²) in [5, 5.41) is 3.60. The van der Waals surface area contributed by atoms with Crippen molar-refractivity contribution in [3.63, 3.8) is 0 Å². The lowest BCUT2D eigenvalue weighted by Gasteiger charge is -2.15. The molecule has 0 aromatic carbocycles. The Morgan fingerprint density at radius 1 is 0.824 bits per heavy atom. The van der Waals surface area contributed by atoms with Crippen LogP contribution in [0, 0.1) is 0 Å². The van der Waals surface area contributed by atoms with E-state index in [1.165, 1.54) is 13.3 Å². The Bertz CT molecular complexity index is 1180. The lowest BCUT2D eigenvalue weighted by Crippen LogP contribution is -2.15. The fourth-order valence-corrected chi connectivity index (χ4v) is 2.89. The topological polar surface area (TPSA) is 108 Å². The number of nitrogens with one attached hydrogen (secondary N) is 1. The maximum atomic E-state index is 5.88. The number of pyridine rings is 2. The van der Waals surface area contributed by atoms with Gasteiger partial charge in [0.1, 0.15) is 11.4 Å². The maximum Gasteiger partial charge on any atom is 0.180 e. The normalized spacial score (nSPS) is 11.1. The third kappa shape index (κ3) is 6.58. The Labute approximate surface area is 203 Å². The molecule has 0 amide bonds. The molecule has 0 aliphatic rings. The van der Waals surface area contributed by atoms with Gasteiger partial charge in [-0.05, 0) is 37.6 Å². The van der Waals surface area contributed by atoms with E-state index in [4.69, 9.17) is 21.1 Å². The van der Waals surface area contributed by atoms with Crippen molar-refractivity contribution in [3.8, 4) is 34.5 Å². The number of hydrogen-bond donors (Lipinski definition) is 1. The number of nitrogens with zero attached hydrogens (tertiary/aromatic N) is 6. The first-order valence-corrected chi connectivity index (χ1v) is 11.0. The standard InChI is InChI=1S/C14H18N4O.C10H8ClN3O/c1-4-10(2)17-14-12(19-3)9-16-13(18-14)11-7-5-6-8-15-11;1-15-8-6-13-10(14-9(8)11)7-4-2-3-5-12-7/h5-10H,4H2,1-3H3,(H,16,17,18);2-6H,1H3. The van der Waals surface area contributed by atoms with Crippen molar-refractivity contribution < 1.29 is 9.47 Å². The molecule has 9 nitrogen and oxygen atoms in total. The molecule has 0 aliphatic carbocycles. The van der Waals surface area contributed by atoms with Gasteiger partial charge in [-0.15, -0.1) is 0 Å². The van der Waals surface area contributed by atoms with E-state index in [-0.39, 0.29) is 5.15 Å². The summed E-state index contributed by atoms with van der Waals surface area (Å²) in [7, 11) is 3.13. The van der Waals surface area contributed by atoms with Gasteiger partial charge in [0.15, 0.2) is 34.1 Å². The van der Waals surface area contributed by atoms with Crippen molar-refractivity contribution >= 4 is 17.4 Å². The van der Waals surface area contributed by atoms with Crippen LogP contribution >= 0.6 is 11.6 Å². The monoisotopic (exact) mass is 479 g/mol. The minimum absolute atomic E-state index is 0.285. The summed E-state index contributed by atoms with van der Waals surface area (Å²) in [5.74, 6) is 2.87. The predicted molar refractivity (Wildman–Crippen MR) is 132 cm³/mol. The van der Waals surface area contributed by atoms with Crippen LogP contribution in [0.5, 0.6) is 11.5 Å². The fraction of sp³-hybridized carbons (Fsp3) is 0.250. The largest absolute Gasteiger partial charge is 0.492 e. The molecule has 4 aromatic heterocycles. The molecule has 1 atom stereocenters. The molecule has 0 saturated heterocycles. The van der Waals surface area contributed by atoms with Crippen LogP contribution in [-0.4, -0.2) is 50.2 Å². The second-order valence-corrected chi connectivity index (χ2v) is 7.40. The Morgan fingerprint density at radius 3 is 1.85 bits per heavy atom. The van der Waals surface area contributed by atoms with E-state index in [0.29, 0.717) is 40.7 Å². The molecule has 4 rings (SSSR count). The first kappa shape index (κ1) is 24.8. The lowest BCUT2D eigenvalue weighted by atomic mass is 10.2. The highest BCUT2D eigenvalue weighted by molar-refractivity contribution is 6.30. The quantitative estimate of drug-likeness (QED) is 0.368. The van der Waals surface area contributed by atoms with Crippen molar-refractivity contribution in [2.75, 3.05) is 19.5 Å². The molecule has 0 fully saturated rings. The number of methoxy groups -OCH3 is 2. The summed E-state index contributed by atoms with van der Waals surface area (Å²) < 4.78 is 10.2. The molecular formula is C24H26ClN7O2. The van der Waals surface area contributed by atoms with Gasteiger partial charge in [0.25, 0.3) is 0 Å². The molecule has 1 N–H and O–H groups in total. The second-order valence-electron chi connectivity index (χ2n) is 7.05. The van der Waals surface area contributed by atoms with Gasteiger partial charge >= 0.3 is 0 Å². The first-order chi connectivity index (χ1) is 16.5. The smallest absolute Gasteiger partial charge is 0.180 e. The van der Waals surface area contributed by atoms with Crippen LogP contribution in [0.2, 0.25) is 5.15 Å². The van der Waals surface area contributed by atoms with Crippen molar-refractivity contribution in [1.82, 2.24) is 29.9 Å². The molecule has 0 radical (unpaired) electrons. The van der Waals surface area contributed by atoms with Gasteiger partial charge in [-0.25, -0.2) is 19.9 Å². The molecule has 34 heavy (non-hydrogen) atoms. The summed E-state index contributed by atoms with van der Waals surface area (Å²) >= 11 is 5.88. The molecule has 10 heteroatoms. The Kier molecular flexibility index (Phi) is 9.04. The Balaban J connectivity index is 0.000000196. The number of anilines is 1. The summed E-state index contributed by atoms with van der Waals surface area (Å²) in [6.07, 6.45) is 7.61. The Hall–Kier alpha value is -3.85. The molecule has 1 unspecified atom stereocenters. The van der Waals surface area contributed by atoms with Crippen LogP contribution in [0.4, 0.5) is 5.82 Å². The lowest BCUT2D eigenvalue weighted by molar-refractivity contribution is 0.411. The zero-order valence-electron chi connectivity index (χ0n) is 19.4. The van der Waals surface area contributed by atoms with Crippen LogP contribution in [0.15, 0.2) is 61.2 Å². The van der Waals surface area contributed by atoms with Gasteiger partial charge < -0.3 is 14.8 Å². The van der Waals surface area contributed by atoms with Crippen molar-refractivity contribution in [1.29, 1.82) is 0 Å². The van der Waals surface area contributed by atoms with Gasteiger partial charge in [0.05, 0.1) is 26.6 Å². The number of aromatic nitrogens is 6. The molecule has 0 bridgehead atoms. The third-order valence-corrected chi connectivity index (χ3v) is 4.96. The van der Waals surface area contributed by atoms with Crippen LogP contribution in [0.3, 0.4) is 0 Å². The molecule has 0 aliphatic heterocycles. The predicted octanol–water partition coefficient (Wildman–Crippen LogP) is 4.96. The van der Waals surface area contributed by atoms with Crippen molar-refractivity contribution in [3.05, 3.63) is 66.3 Å². The summed E-state index contributed by atoms with van der Waals surface area (Å²) in [4.78, 5) is 25.3. The molecule has 176 valence electrons. The number of rotatable bonds is 7. The van der Waals surface area contributed by atoms with E-state index in [1.807, 2.05) is 36.4 Å². The third-order valence-electron chi connectivity index (χ3n) is 4.69. The minimum Gasteiger partial charge on any atom is -0.492 e. The molecule has 4 heterocycles. The van der Waals surface area contributed by atoms with Gasteiger partial charge in [0, 0.05) is 18.4 Å². The molecular weight excluding hydrogens is 454 g/mol. The highest BCUT2D eigenvalue weighted by Crippen LogP contribution is 2.25. The van der Waals surface area contributed by atoms with Crippen LogP contribution in [-0.2, 0) is 0 Å². The number of hydrogen-bond acceptors (Lipinski definition) is 9. The van der Waals surface area contributed by atoms with E-state index < -0.39 is 0 Å².